The smallest absolute Gasteiger partial charge is 0.122 e. The molecule has 0 aliphatic carbocycles. The summed E-state index contributed by atoms with van der Waals surface area (Å²) in [6.07, 6.45) is 3.55. The first-order valence-electron chi connectivity index (χ1n) is 6.12. The van der Waals surface area contributed by atoms with Crippen molar-refractivity contribution in [3.05, 3.63) is 29.3 Å². The Labute approximate surface area is 99.0 Å². The Bertz CT molecular complexity index is 310. The molecule has 0 fully saturated rings. The lowest BCUT2D eigenvalue weighted by molar-refractivity contribution is 0.408. The number of rotatable bonds is 7. The molecule has 90 valence electrons. The standard InChI is InChI=1S/C14H23NO/c1-4-15-10-6-5-7-13-11-12(2)8-9-14(13)16-3/h8-9,11,15H,4-7,10H2,1-3H3. The Hall–Kier alpha value is -1.02. The van der Waals surface area contributed by atoms with Crippen LogP contribution in [0.5, 0.6) is 5.75 Å². The zero-order valence-electron chi connectivity index (χ0n) is 10.7. The van der Waals surface area contributed by atoms with Crippen LogP contribution in [0.4, 0.5) is 0 Å². The molecule has 0 radical (unpaired) electrons. The predicted octanol–water partition coefficient (Wildman–Crippen LogP) is 2.94. The molecule has 0 saturated heterocycles. The second-order valence-electron chi connectivity index (χ2n) is 4.13. The van der Waals surface area contributed by atoms with Crippen molar-refractivity contribution in [3.8, 4) is 5.75 Å². The van der Waals surface area contributed by atoms with Gasteiger partial charge in [0, 0.05) is 0 Å². The van der Waals surface area contributed by atoms with Crippen molar-refractivity contribution in [1.29, 1.82) is 0 Å². The lowest BCUT2D eigenvalue weighted by Crippen LogP contribution is -2.13. The highest BCUT2D eigenvalue weighted by molar-refractivity contribution is 5.36. The Morgan fingerprint density at radius 1 is 1.25 bits per heavy atom. The minimum atomic E-state index is 1.02. The lowest BCUT2D eigenvalue weighted by atomic mass is 10.0. The fraction of sp³-hybridized carbons (Fsp3) is 0.571. The Morgan fingerprint density at radius 3 is 2.75 bits per heavy atom. The molecule has 0 unspecified atom stereocenters. The molecule has 0 aromatic heterocycles. The summed E-state index contributed by atoms with van der Waals surface area (Å²) >= 11 is 0. The van der Waals surface area contributed by atoms with Crippen molar-refractivity contribution in [3.63, 3.8) is 0 Å². The average molecular weight is 221 g/mol. The largest absolute Gasteiger partial charge is 0.496 e. The third kappa shape index (κ3) is 4.23. The summed E-state index contributed by atoms with van der Waals surface area (Å²) in [4.78, 5) is 0. The summed E-state index contributed by atoms with van der Waals surface area (Å²) < 4.78 is 5.36. The van der Waals surface area contributed by atoms with E-state index in [0.29, 0.717) is 0 Å². The van der Waals surface area contributed by atoms with E-state index in [0.717, 1.165) is 25.3 Å². The molecule has 1 aromatic carbocycles. The molecule has 0 spiro atoms. The van der Waals surface area contributed by atoms with Gasteiger partial charge in [0.05, 0.1) is 7.11 Å². The maximum absolute atomic E-state index is 5.36. The Morgan fingerprint density at radius 2 is 2.06 bits per heavy atom. The summed E-state index contributed by atoms with van der Waals surface area (Å²) in [6, 6.07) is 6.39. The lowest BCUT2D eigenvalue weighted by Gasteiger charge is -2.09. The van der Waals surface area contributed by atoms with Gasteiger partial charge >= 0.3 is 0 Å². The number of aryl methyl sites for hydroxylation is 2. The maximum atomic E-state index is 5.36. The second kappa shape index (κ2) is 7.29. The van der Waals surface area contributed by atoms with E-state index < -0.39 is 0 Å². The van der Waals surface area contributed by atoms with Crippen LogP contribution in [-0.4, -0.2) is 20.2 Å². The molecule has 2 nitrogen and oxygen atoms in total. The monoisotopic (exact) mass is 221 g/mol. The summed E-state index contributed by atoms with van der Waals surface area (Å²) in [5.74, 6) is 1.02. The maximum Gasteiger partial charge on any atom is 0.122 e. The molecule has 2 heteroatoms. The average Bonchev–Trinajstić information content (AvgIpc) is 2.29. The van der Waals surface area contributed by atoms with Gasteiger partial charge in [-0.2, -0.15) is 0 Å². The number of nitrogens with one attached hydrogen (secondary N) is 1. The molecule has 0 amide bonds. The fourth-order valence-electron chi connectivity index (χ4n) is 1.84. The van der Waals surface area contributed by atoms with E-state index in [-0.39, 0.29) is 0 Å². The normalized spacial score (nSPS) is 10.4. The topological polar surface area (TPSA) is 21.3 Å². The van der Waals surface area contributed by atoms with Gasteiger partial charge < -0.3 is 10.1 Å². The van der Waals surface area contributed by atoms with Gasteiger partial charge in [0.15, 0.2) is 0 Å². The number of benzene rings is 1. The summed E-state index contributed by atoms with van der Waals surface area (Å²) in [5, 5.41) is 3.34. The summed E-state index contributed by atoms with van der Waals surface area (Å²) in [6.45, 7) is 6.45. The molecule has 1 N–H and O–H groups in total. The number of unbranched alkanes of at least 4 members (excludes halogenated alkanes) is 1. The zero-order chi connectivity index (χ0) is 11.8. The molecule has 16 heavy (non-hydrogen) atoms. The van der Waals surface area contributed by atoms with Gasteiger partial charge in [0.25, 0.3) is 0 Å². The third-order valence-corrected chi connectivity index (χ3v) is 2.74. The minimum Gasteiger partial charge on any atom is -0.496 e. The number of methoxy groups -OCH3 is 1. The number of ether oxygens (including phenoxy) is 1. The molecule has 0 aliphatic heterocycles. The molecule has 0 saturated carbocycles. The van der Waals surface area contributed by atoms with E-state index in [1.54, 1.807) is 7.11 Å². The van der Waals surface area contributed by atoms with Crippen LogP contribution in [-0.2, 0) is 6.42 Å². The highest BCUT2D eigenvalue weighted by atomic mass is 16.5. The van der Waals surface area contributed by atoms with Crippen molar-refractivity contribution in [2.75, 3.05) is 20.2 Å². The first kappa shape index (κ1) is 13.0. The minimum absolute atomic E-state index is 1.02. The fourth-order valence-corrected chi connectivity index (χ4v) is 1.84. The van der Waals surface area contributed by atoms with Crippen molar-refractivity contribution in [1.82, 2.24) is 5.32 Å². The van der Waals surface area contributed by atoms with Gasteiger partial charge in [-0.1, -0.05) is 24.6 Å². The quantitative estimate of drug-likeness (QED) is 0.715. The SMILES string of the molecule is CCNCCCCc1cc(C)ccc1OC. The van der Waals surface area contributed by atoms with Crippen molar-refractivity contribution >= 4 is 0 Å². The van der Waals surface area contributed by atoms with Gasteiger partial charge in [0.2, 0.25) is 0 Å². The number of hydrogen-bond acceptors (Lipinski definition) is 2. The van der Waals surface area contributed by atoms with E-state index in [1.165, 1.54) is 24.0 Å². The number of hydrogen-bond donors (Lipinski definition) is 1. The predicted molar refractivity (Wildman–Crippen MR) is 69.2 cm³/mol. The molecule has 0 aliphatic rings. The Kier molecular flexibility index (Phi) is 5.94. The molecule has 0 bridgehead atoms. The van der Waals surface area contributed by atoms with Crippen LogP contribution in [0, 0.1) is 6.92 Å². The highest BCUT2D eigenvalue weighted by Gasteiger charge is 2.02. The molecule has 0 atom stereocenters. The van der Waals surface area contributed by atoms with Crippen LogP contribution in [0.2, 0.25) is 0 Å². The van der Waals surface area contributed by atoms with E-state index in [2.05, 4.69) is 37.4 Å². The zero-order valence-corrected chi connectivity index (χ0v) is 10.7. The molecule has 1 rings (SSSR count). The van der Waals surface area contributed by atoms with Gasteiger partial charge in [-0.3, -0.25) is 0 Å². The van der Waals surface area contributed by atoms with Crippen LogP contribution in [0.15, 0.2) is 18.2 Å². The van der Waals surface area contributed by atoms with Gasteiger partial charge in [0.1, 0.15) is 5.75 Å². The Balaban J connectivity index is 2.42. The van der Waals surface area contributed by atoms with E-state index in [9.17, 15) is 0 Å². The first-order valence-corrected chi connectivity index (χ1v) is 6.12. The van der Waals surface area contributed by atoms with Gasteiger partial charge in [-0.05, 0) is 50.9 Å². The van der Waals surface area contributed by atoms with Gasteiger partial charge in [-0.15, -0.1) is 0 Å². The second-order valence-corrected chi connectivity index (χ2v) is 4.13. The summed E-state index contributed by atoms with van der Waals surface area (Å²) in [7, 11) is 1.74. The van der Waals surface area contributed by atoms with Crippen LogP contribution in [0.25, 0.3) is 0 Å². The van der Waals surface area contributed by atoms with Crippen molar-refractivity contribution < 1.29 is 4.74 Å². The van der Waals surface area contributed by atoms with Crippen LogP contribution in [0.1, 0.15) is 30.9 Å². The molecular formula is C14H23NO. The molecule has 0 heterocycles. The van der Waals surface area contributed by atoms with E-state index >= 15 is 0 Å². The molecule has 1 aromatic rings. The van der Waals surface area contributed by atoms with Gasteiger partial charge in [-0.25, -0.2) is 0 Å². The highest BCUT2D eigenvalue weighted by Crippen LogP contribution is 2.21. The van der Waals surface area contributed by atoms with Crippen LogP contribution < -0.4 is 10.1 Å². The first-order chi connectivity index (χ1) is 7.77. The van der Waals surface area contributed by atoms with Crippen LogP contribution >= 0.6 is 0 Å². The molecular weight excluding hydrogens is 198 g/mol. The van der Waals surface area contributed by atoms with Crippen molar-refractivity contribution in [2.24, 2.45) is 0 Å². The third-order valence-electron chi connectivity index (χ3n) is 2.74. The van der Waals surface area contributed by atoms with E-state index in [1.807, 2.05) is 0 Å². The van der Waals surface area contributed by atoms with Crippen LogP contribution in [0.3, 0.4) is 0 Å². The van der Waals surface area contributed by atoms with Crippen molar-refractivity contribution in [2.45, 2.75) is 33.1 Å². The van der Waals surface area contributed by atoms with E-state index in [4.69, 9.17) is 4.74 Å². The summed E-state index contributed by atoms with van der Waals surface area (Å²) in [5.41, 5.74) is 2.64.